The fraction of sp³-hybridized carbons (Fsp3) is 0.273. The number of ether oxygens (including phenoxy) is 1. The van der Waals surface area contributed by atoms with Crippen LogP contribution in [0.15, 0.2) is 54.9 Å². The number of nitrogens with one attached hydrogen (secondary N) is 2. The van der Waals surface area contributed by atoms with Crippen LogP contribution < -0.4 is 10.6 Å². The Morgan fingerprint density at radius 2 is 1.90 bits per heavy atom. The van der Waals surface area contributed by atoms with Crippen molar-refractivity contribution in [3.8, 4) is 0 Å². The monoisotopic (exact) mass is 390 g/mol. The van der Waals surface area contributed by atoms with Crippen LogP contribution in [-0.4, -0.2) is 35.0 Å². The van der Waals surface area contributed by atoms with Crippen molar-refractivity contribution < 1.29 is 14.3 Å². The lowest BCUT2D eigenvalue weighted by molar-refractivity contribution is -0.125. The molecule has 1 unspecified atom stereocenters. The predicted octanol–water partition coefficient (Wildman–Crippen LogP) is 2.21. The SMILES string of the molecule is O=C(NCc1cc(CNC(=O)C2CCOC2)ccn1)c1ccnc2ccccc12. The summed E-state index contributed by atoms with van der Waals surface area (Å²) in [4.78, 5) is 33.4. The lowest BCUT2D eigenvalue weighted by atomic mass is 10.1. The maximum absolute atomic E-state index is 12.6. The van der Waals surface area contributed by atoms with Crippen molar-refractivity contribution in [3.05, 3.63) is 71.7 Å². The molecule has 2 amide bonds. The van der Waals surface area contributed by atoms with Gasteiger partial charge in [-0.05, 0) is 36.2 Å². The number of fused-ring (bicyclic) bond motifs is 1. The van der Waals surface area contributed by atoms with Crippen molar-refractivity contribution in [2.24, 2.45) is 5.92 Å². The minimum Gasteiger partial charge on any atom is -0.381 e. The number of rotatable bonds is 6. The van der Waals surface area contributed by atoms with Gasteiger partial charge in [0.15, 0.2) is 0 Å². The average molecular weight is 390 g/mol. The van der Waals surface area contributed by atoms with Crippen LogP contribution in [0.25, 0.3) is 10.9 Å². The predicted molar refractivity (Wildman–Crippen MR) is 108 cm³/mol. The molecule has 7 heteroatoms. The molecule has 1 aliphatic heterocycles. The number of pyridine rings is 2. The van der Waals surface area contributed by atoms with E-state index in [2.05, 4.69) is 20.6 Å². The number of carbonyl (C=O) groups is 2. The second kappa shape index (κ2) is 8.79. The van der Waals surface area contributed by atoms with Crippen molar-refractivity contribution in [1.29, 1.82) is 0 Å². The van der Waals surface area contributed by atoms with E-state index < -0.39 is 0 Å². The van der Waals surface area contributed by atoms with Crippen LogP contribution >= 0.6 is 0 Å². The Hall–Kier alpha value is -3.32. The molecular weight excluding hydrogens is 368 g/mol. The molecule has 2 aromatic heterocycles. The first kappa shape index (κ1) is 19.0. The van der Waals surface area contributed by atoms with Crippen molar-refractivity contribution in [2.45, 2.75) is 19.5 Å². The summed E-state index contributed by atoms with van der Waals surface area (Å²) in [6.07, 6.45) is 4.08. The van der Waals surface area contributed by atoms with E-state index >= 15 is 0 Å². The molecule has 1 aliphatic rings. The van der Waals surface area contributed by atoms with Crippen molar-refractivity contribution in [1.82, 2.24) is 20.6 Å². The topological polar surface area (TPSA) is 93.2 Å². The van der Waals surface area contributed by atoms with E-state index in [1.165, 1.54) is 0 Å². The summed E-state index contributed by atoms with van der Waals surface area (Å²) in [6.45, 7) is 1.86. The highest BCUT2D eigenvalue weighted by atomic mass is 16.5. The molecule has 0 bridgehead atoms. The molecule has 0 radical (unpaired) electrons. The normalized spacial score (nSPS) is 15.9. The molecule has 3 heterocycles. The van der Waals surface area contributed by atoms with Gasteiger partial charge < -0.3 is 15.4 Å². The number of carbonyl (C=O) groups excluding carboxylic acids is 2. The molecule has 1 aromatic carbocycles. The maximum atomic E-state index is 12.6. The number of hydrogen-bond donors (Lipinski definition) is 2. The van der Waals surface area contributed by atoms with Crippen molar-refractivity contribution >= 4 is 22.7 Å². The molecule has 3 aromatic rings. The second-order valence-electron chi connectivity index (χ2n) is 6.99. The van der Waals surface area contributed by atoms with Gasteiger partial charge >= 0.3 is 0 Å². The largest absolute Gasteiger partial charge is 0.381 e. The lowest BCUT2D eigenvalue weighted by Gasteiger charge is -2.11. The standard InChI is InChI=1S/C22H22N4O3/c27-21(16-7-10-29-14-16)25-12-15-5-8-23-17(11-15)13-26-22(28)19-6-9-24-20-4-2-1-3-18(19)20/h1-6,8-9,11,16H,7,10,12-14H2,(H,25,27)(H,26,28). The fourth-order valence-corrected chi connectivity index (χ4v) is 3.37. The van der Waals surface area contributed by atoms with Gasteiger partial charge in [-0.25, -0.2) is 0 Å². The molecule has 2 N–H and O–H groups in total. The summed E-state index contributed by atoms with van der Waals surface area (Å²) in [5.74, 6) is -0.227. The van der Waals surface area contributed by atoms with Gasteiger partial charge in [0.25, 0.3) is 5.91 Å². The van der Waals surface area contributed by atoms with Gasteiger partial charge in [0.2, 0.25) is 5.91 Å². The summed E-state index contributed by atoms with van der Waals surface area (Å²) in [7, 11) is 0. The molecule has 29 heavy (non-hydrogen) atoms. The van der Waals surface area contributed by atoms with E-state index in [1.54, 1.807) is 18.5 Å². The van der Waals surface area contributed by atoms with E-state index in [1.807, 2.05) is 36.4 Å². The minimum atomic E-state index is -0.176. The van der Waals surface area contributed by atoms with E-state index in [4.69, 9.17) is 4.74 Å². The zero-order valence-corrected chi connectivity index (χ0v) is 15.9. The van der Waals surface area contributed by atoms with Gasteiger partial charge in [-0.3, -0.25) is 19.6 Å². The highest BCUT2D eigenvalue weighted by molar-refractivity contribution is 6.05. The number of aromatic nitrogens is 2. The minimum absolute atomic E-state index is 0.0127. The molecule has 0 aliphatic carbocycles. The van der Waals surface area contributed by atoms with Gasteiger partial charge in [0.05, 0.1) is 35.8 Å². The van der Waals surface area contributed by atoms with Crippen molar-refractivity contribution in [3.63, 3.8) is 0 Å². The molecular formula is C22H22N4O3. The highest BCUT2D eigenvalue weighted by Gasteiger charge is 2.23. The van der Waals surface area contributed by atoms with Crippen LogP contribution in [0.2, 0.25) is 0 Å². The Bertz CT molecular complexity index is 1030. The molecule has 1 atom stereocenters. The first-order chi connectivity index (χ1) is 14.2. The molecule has 4 rings (SSSR count). The van der Waals surface area contributed by atoms with Gasteiger partial charge in [-0.1, -0.05) is 18.2 Å². The van der Waals surface area contributed by atoms with E-state index in [-0.39, 0.29) is 17.7 Å². The third-order valence-corrected chi connectivity index (χ3v) is 4.97. The average Bonchev–Trinajstić information content (AvgIpc) is 3.31. The van der Waals surface area contributed by atoms with E-state index in [0.29, 0.717) is 31.9 Å². The molecule has 1 fully saturated rings. The van der Waals surface area contributed by atoms with Crippen LogP contribution in [-0.2, 0) is 22.6 Å². The van der Waals surface area contributed by atoms with Crippen LogP contribution in [0.5, 0.6) is 0 Å². The molecule has 7 nitrogen and oxygen atoms in total. The Labute approximate surface area is 168 Å². The number of nitrogens with zero attached hydrogens (tertiary/aromatic N) is 2. The summed E-state index contributed by atoms with van der Waals surface area (Å²) in [5.41, 5.74) is 3.03. The summed E-state index contributed by atoms with van der Waals surface area (Å²) >= 11 is 0. The van der Waals surface area contributed by atoms with Gasteiger partial charge in [0, 0.05) is 30.9 Å². The number of amides is 2. The zero-order valence-electron chi connectivity index (χ0n) is 15.9. The second-order valence-corrected chi connectivity index (χ2v) is 6.99. The molecule has 1 saturated heterocycles. The van der Waals surface area contributed by atoms with Crippen LogP contribution in [0.4, 0.5) is 0 Å². The number of benzene rings is 1. The molecule has 0 saturated carbocycles. The first-order valence-corrected chi connectivity index (χ1v) is 9.62. The van der Waals surface area contributed by atoms with E-state index in [9.17, 15) is 9.59 Å². The molecule has 148 valence electrons. The highest BCUT2D eigenvalue weighted by Crippen LogP contribution is 2.16. The van der Waals surface area contributed by atoms with Crippen LogP contribution in [0, 0.1) is 5.92 Å². The molecule has 0 spiro atoms. The number of para-hydroxylation sites is 1. The van der Waals surface area contributed by atoms with Gasteiger partial charge in [-0.15, -0.1) is 0 Å². The zero-order chi connectivity index (χ0) is 20.1. The summed E-state index contributed by atoms with van der Waals surface area (Å²) in [6, 6.07) is 13.0. The van der Waals surface area contributed by atoms with Crippen LogP contribution in [0.1, 0.15) is 28.0 Å². The summed E-state index contributed by atoms with van der Waals surface area (Å²) in [5, 5.41) is 6.66. The Balaban J connectivity index is 1.36. The van der Waals surface area contributed by atoms with Gasteiger partial charge in [-0.2, -0.15) is 0 Å². The Kier molecular flexibility index (Phi) is 5.76. The third-order valence-electron chi connectivity index (χ3n) is 4.97. The van der Waals surface area contributed by atoms with E-state index in [0.717, 1.165) is 28.6 Å². The lowest BCUT2D eigenvalue weighted by Crippen LogP contribution is -2.30. The smallest absolute Gasteiger partial charge is 0.252 e. The maximum Gasteiger partial charge on any atom is 0.252 e. The Morgan fingerprint density at radius 1 is 1.03 bits per heavy atom. The number of hydrogen-bond acceptors (Lipinski definition) is 5. The quantitative estimate of drug-likeness (QED) is 0.673. The Morgan fingerprint density at radius 3 is 2.76 bits per heavy atom. The fourth-order valence-electron chi connectivity index (χ4n) is 3.37. The summed E-state index contributed by atoms with van der Waals surface area (Å²) < 4.78 is 5.25. The van der Waals surface area contributed by atoms with Gasteiger partial charge in [0.1, 0.15) is 0 Å². The van der Waals surface area contributed by atoms with Crippen LogP contribution in [0.3, 0.4) is 0 Å². The van der Waals surface area contributed by atoms with Crippen molar-refractivity contribution in [2.75, 3.05) is 13.2 Å². The first-order valence-electron chi connectivity index (χ1n) is 9.62. The third kappa shape index (κ3) is 4.57.